The Morgan fingerprint density at radius 2 is 1.64 bits per heavy atom. The summed E-state index contributed by atoms with van der Waals surface area (Å²) in [6, 6.07) is 8.62. The van der Waals surface area contributed by atoms with Gasteiger partial charge >= 0.3 is 0 Å². The van der Waals surface area contributed by atoms with E-state index in [9.17, 15) is 21.9 Å². The number of benzene rings is 2. The zero-order valence-corrected chi connectivity index (χ0v) is 12.7. The topological polar surface area (TPSA) is 153 Å². The van der Waals surface area contributed by atoms with E-state index in [-0.39, 0.29) is 26.9 Å². The number of primary sulfonamides is 1. The first-order chi connectivity index (χ1) is 10.1. The lowest BCUT2D eigenvalue weighted by atomic mass is 10.3. The van der Waals surface area contributed by atoms with Crippen molar-refractivity contribution in [2.75, 3.05) is 10.5 Å². The molecule has 0 atom stereocenters. The van der Waals surface area contributed by atoms with Gasteiger partial charge < -0.3 is 10.8 Å². The van der Waals surface area contributed by atoms with Crippen LogP contribution in [0.25, 0.3) is 0 Å². The van der Waals surface area contributed by atoms with E-state index in [4.69, 9.17) is 10.9 Å². The van der Waals surface area contributed by atoms with E-state index >= 15 is 0 Å². The normalized spacial score (nSPS) is 12.0. The Morgan fingerprint density at radius 1 is 1.00 bits per heavy atom. The minimum Gasteiger partial charge on any atom is -0.506 e. The Balaban J connectivity index is 2.48. The number of hydrogen-bond acceptors (Lipinski definition) is 6. The first kappa shape index (κ1) is 16.1. The van der Waals surface area contributed by atoms with Gasteiger partial charge in [-0.2, -0.15) is 0 Å². The van der Waals surface area contributed by atoms with Crippen molar-refractivity contribution in [3.05, 3.63) is 42.5 Å². The van der Waals surface area contributed by atoms with Crippen LogP contribution in [0.15, 0.2) is 52.3 Å². The number of nitrogens with two attached hydrogens (primary N) is 2. The van der Waals surface area contributed by atoms with Crippen LogP contribution in [0.5, 0.6) is 5.75 Å². The highest BCUT2D eigenvalue weighted by atomic mass is 32.2. The number of anilines is 2. The molecule has 0 bridgehead atoms. The number of nitrogen functional groups attached to an aromatic ring is 1. The van der Waals surface area contributed by atoms with Crippen LogP contribution in [-0.4, -0.2) is 21.9 Å². The summed E-state index contributed by atoms with van der Waals surface area (Å²) >= 11 is 0. The van der Waals surface area contributed by atoms with Crippen LogP contribution in [0.2, 0.25) is 0 Å². The second kappa shape index (κ2) is 5.48. The van der Waals surface area contributed by atoms with Gasteiger partial charge in [-0.25, -0.2) is 22.0 Å². The van der Waals surface area contributed by atoms with E-state index in [2.05, 4.69) is 4.72 Å². The average molecular weight is 343 g/mol. The van der Waals surface area contributed by atoms with E-state index in [1.165, 1.54) is 24.3 Å². The van der Waals surface area contributed by atoms with Crippen LogP contribution in [0.1, 0.15) is 0 Å². The molecule has 0 saturated heterocycles. The monoisotopic (exact) mass is 343 g/mol. The first-order valence-electron chi connectivity index (χ1n) is 5.84. The molecule has 8 nitrogen and oxygen atoms in total. The zero-order valence-electron chi connectivity index (χ0n) is 11.1. The summed E-state index contributed by atoms with van der Waals surface area (Å²) in [6.45, 7) is 0. The first-order valence-corrected chi connectivity index (χ1v) is 8.87. The molecule has 2 aromatic rings. The molecule has 2 aromatic carbocycles. The van der Waals surface area contributed by atoms with E-state index in [1.54, 1.807) is 0 Å². The predicted molar refractivity (Wildman–Crippen MR) is 81.1 cm³/mol. The van der Waals surface area contributed by atoms with E-state index in [1.807, 2.05) is 0 Å². The number of sulfonamides is 2. The summed E-state index contributed by atoms with van der Waals surface area (Å²) in [5.41, 5.74) is 5.15. The van der Waals surface area contributed by atoms with Crippen LogP contribution >= 0.6 is 0 Å². The van der Waals surface area contributed by atoms with Gasteiger partial charge in [0, 0.05) is 0 Å². The number of hydrogen-bond donors (Lipinski definition) is 4. The fraction of sp³-hybridized carbons (Fsp3) is 0. The van der Waals surface area contributed by atoms with E-state index in [0.717, 1.165) is 18.2 Å². The Bertz CT molecular complexity index is 924. The lowest BCUT2D eigenvalue weighted by Gasteiger charge is -2.12. The molecule has 10 heteroatoms. The lowest BCUT2D eigenvalue weighted by Crippen LogP contribution is -2.18. The van der Waals surface area contributed by atoms with Crippen molar-refractivity contribution < 1.29 is 21.9 Å². The van der Waals surface area contributed by atoms with Crippen molar-refractivity contribution in [1.29, 1.82) is 0 Å². The van der Waals surface area contributed by atoms with Crippen LogP contribution in [0, 0.1) is 0 Å². The van der Waals surface area contributed by atoms with Crippen LogP contribution in [0.4, 0.5) is 11.4 Å². The number of phenolic OH excluding ortho intramolecular Hbond substituents is 1. The second-order valence-electron chi connectivity index (χ2n) is 4.37. The van der Waals surface area contributed by atoms with Gasteiger partial charge in [0.15, 0.2) is 0 Å². The van der Waals surface area contributed by atoms with E-state index < -0.39 is 20.0 Å². The Labute approximate surface area is 127 Å². The molecule has 0 amide bonds. The maximum absolute atomic E-state index is 12.3. The Kier molecular flexibility index (Phi) is 4.00. The molecule has 0 unspecified atom stereocenters. The van der Waals surface area contributed by atoms with Crippen LogP contribution in [-0.2, 0) is 20.0 Å². The zero-order chi connectivity index (χ0) is 16.5. The maximum atomic E-state index is 12.3. The highest BCUT2D eigenvalue weighted by Gasteiger charge is 2.20. The number of nitrogens with one attached hydrogen (secondary N) is 1. The fourth-order valence-electron chi connectivity index (χ4n) is 1.70. The summed E-state index contributed by atoms with van der Waals surface area (Å²) in [5.74, 6) is -0.260. The Hall–Kier alpha value is -2.30. The molecule has 6 N–H and O–H groups in total. The van der Waals surface area contributed by atoms with Crippen molar-refractivity contribution in [2.24, 2.45) is 5.14 Å². The highest BCUT2D eigenvalue weighted by Crippen LogP contribution is 2.26. The SMILES string of the molecule is Nc1cc(S(=O)(=O)Nc2ccccc2S(N)(=O)=O)ccc1O. The molecular formula is C12H13N3O5S2. The van der Waals surface area contributed by atoms with Gasteiger partial charge in [0.25, 0.3) is 10.0 Å². The third kappa shape index (κ3) is 3.30. The summed E-state index contributed by atoms with van der Waals surface area (Å²) < 4.78 is 49.6. The molecule has 0 spiro atoms. The van der Waals surface area contributed by atoms with Crippen molar-refractivity contribution in [2.45, 2.75) is 9.79 Å². The summed E-state index contributed by atoms with van der Waals surface area (Å²) in [6.07, 6.45) is 0. The van der Waals surface area contributed by atoms with Crippen molar-refractivity contribution >= 4 is 31.4 Å². The molecule has 0 fully saturated rings. The van der Waals surface area contributed by atoms with Gasteiger partial charge in [-0.05, 0) is 30.3 Å². The largest absolute Gasteiger partial charge is 0.506 e. The van der Waals surface area contributed by atoms with Crippen LogP contribution < -0.4 is 15.6 Å². The molecule has 0 saturated carbocycles. The van der Waals surface area contributed by atoms with E-state index in [0.29, 0.717) is 0 Å². The predicted octanol–water partition coefficient (Wildman–Crippen LogP) is 0.423. The molecule has 22 heavy (non-hydrogen) atoms. The number of phenols is 1. The third-order valence-electron chi connectivity index (χ3n) is 2.75. The van der Waals surface area contributed by atoms with Crippen molar-refractivity contribution in [3.8, 4) is 5.75 Å². The van der Waals surface area contributed by atoms with Gasteiger partial charge in [0.05, 0.1) is 16.3 Å². The molecule has 0 aliphatic carbocycles. The second-order valence-corrected chi connectivity index (χ2v) is 7.58. The van der Waals surface area contributed by atoms with Gasteiger partial charge in [0.1, 0.15) is 10.6 Å². The molecule has 118 valence electrons. The molecule has 0 heterocycles. The van der Waals surface area contributed by atoms with Crippen LogP contribution in [0.3, 0.4) is 0 Å². The third-order valence-corrected chi connectivity index (χ3v) is 5.08. The number of aromatic hydroxyl groups is 1. The number of para-hydroxylation sites is 1. The van der Waals surface area contributed by atoms with Gasteiger partial charge in [-0.15, -0.1) is 0 Å². The van der Waals surface area contributed by atoms with Crippen molar-refractivity contribution in [1.82, 2.24) is 0 Å². The molecule has 0 aliphatic heterocycles. The van der Waals surface area contributed by atoms with Crippen molar-refractivity contribution in [3.63, 3.8) is 0 Å². The quantitative estimate of drug-likeness (QED) is 0.466. The van der Waals surface area contributed by atoms with Gasteiger partial charge in [-0.3, -0.25) is 4.72 Å². The molecule has 2 rings (SSSR count). The summed E-state index contributed by atoms with van der Waals surface area (Å²) in [4.78, 5) is -0.586. The molecule has 0 aliphatic rings. The lowest BCUT2D eigenvalue weighted by molar-refractivity contribution is 0.477. The summed E-state index contributed by atoms with van der Waals surface area (Å²) in [5, 5.41) is 14.4. The Morgan fingerprint density at radius 3 is 2.23 bits per heavy atom. The molecule has 0 aromatic heterocycles. The molecular weight excluding hydrogens is 330 g/mol. The minimum absolute atomic E-state index is 0.123. The molecule has 0 radical (unpaired) electrons. The maximum Gasteiger partial charge on any atom is 0.262 e. The average Bonchev–Trinajstić information content (AvgIpc) is 2.40. The fourth-order valence-corrected chi connectivity index (χ4v) is 3.58. The minimum atomic E-state index is -4.10. The standard InChI is InChI=1S/C12H13N3O5S2/c13-9-7-8(5-6-11(9)16)22(19,20)15-10-3-1-2-4-12(10)21(14,17)18/h1-7,15-16H,13H2,(H2,14,17,18). The van der Waals surface area contributed by atoms with Gasteiger partial charge in [0.2, 0.25) is 10.0 Å². The highest BCUT2D eigenvalue weighted by molar-refractivity contribution is 7.93. The smallest absolute Gasteiger partial charge is 0.262 e. The van der Waals surface area contributed by atoms with Gasteiger partial charge in [-0.1, -0.05) is 12.1 Å². The number of rotatable bonds is 4. The summed E-state index contributed by atoms with van der Waals surface area (Å²) in [7, 11) is -8.19.